The van der Waals surface area contributed by atoms with Gasteiger partial charge in [-0.1, -0.05) is 5.16 Å². The van der Waals surface area contributed by atoms with Gasteiger partial charge in [-0.3, -0.25) is 4.79 Å². The van der Waals surface area contributed by atoms with Crippen LogP contribution in [0, 0.1) is 5.82 Å². The number of rotatable bonds is 4. The molecular formula is C19H24FN3O4. The minimum absolute atomic E-state index is 0.0604. The fourth-order valence-electron chi connectivity index (χ4n) is 3.28. The molecule has 146 valence electrons. The molecule has 1 aliphatic heterocycles. The van der Waals surface area contributed by atoms with Crippen molar-refractivity contribution in [2.75, 3.05) is 39.2 Å². The van der Waals surface area contributed by atoms with Crippen LogP contribution < -0.4 is 9.64 Å². The van der Waals surface area contributed by atoms with Crippen molar-refractivity contribution < 1.29 is 23.2 Å². The monoisotopic (exact) mass is 377 g/mol. The third-order valence-corrected chi connectivity index (χ3v) is 4.43. The summed E-state index contributed by atoms with van der Waals surface area (Å²) in [7, 11) is 4.96. The summed E-state index contributed by atoms with van der Waals surface area (Å²) in [6, 6.07) is 4.31. The van der Waals surface area contributed by atoms with Crippen LogP contribution in [0.2, 0.25) is 0 Å². The van der Waals surface area contributed by atoms with E-state index >= 15 is 0 Å². The summed E-state index contributed by atoms with van der Waals surface area (Å²) in [6.45, 7) is 4.82. The number of morpholine rings is 1. The Labute approximate surface area is 157 Å². The van der Waals surface area contributed by atoms with Gasteiger partial charge < -0.3 is 23.8 Å². The summed E-state index contributed by atoms with van der Waals surface area (Å²) < 4.78 is 30.1. The van der Waals surface area contributed by atoms with Gasteiger partial charge in [-0.15, -0.1) is 0 Å². The first-order chi connectivity index (χ1) is 12.8. The maximum atomic E-state index is 13.8. The molecule has 0 N–H and O–H groups in total. The molecule has 7 nitrogen and oxygen atoms in total. The van der Waals surface area contributed by atoms with Crippen molar-refractivity contribution >= 4 is 11.7 Å². The Morgan fingerprint density at radius 3 is 2.56 bits per heavy atom. The van der Waals surface area contributed by atoms with Gasteiger partial charge in [0.15, 0.2) is 23.1 Å². The first-order valence-corrected chi connectivity index (χ1v) is 8.77. The number of aromatic nitrogens is 1. The average Bonchev–Trinajstić information content (AvgIpc) is 3.06. The number of nitrogens with zero attached hydrogens (tertiary/aromatic N) is 3. The molecule has 0 aliphatic carbocycles. The van der Waals surface area contributed by atoms with Crippen LogP contribution in [0.15, 0.2) is 22.7 Å². The number of ether oxygens (including phenoxy) is 2. The topological polar surface area (TPSA) is 68.0 Å². The van der Waals surface area contributed by atoms with Crippen LogP contribution in [0.1, 0.15) is 24.2 Å². The minimum Gasteiger partial charge on any atom is -0.494 e. The molecule has 8 heteroatoms. The smallest absolute Gasteiger partial charge is 0.261 e. The zero-order valence-electron chi connectivity index (χ0n) is 16.2. The second kappa shape index (κ2) is 7.56. The van der Waals surface area contributed by atoms with E-state index in [0.717, 1.165) is 0 Å². The summed E-state index contributed by atoms with van der Waals surface area (Å²) in [4.78, 5) is 16.8. The third kappa shape index (κ3) is 3.75. The van der Waals surface area contributed by atoms with Crippen LogP contribution in [0.3, 0.4) is 0 Å². The molecule has 0 radical (unpaired) electrons. The van der Waals surface area contributed by atoms with Gasteiger partial charge in [0.05, 0.1) is 19.3 Å². The van der Waals surface area contributed by atoms with Crippen LogP contribution in [-0.4, -0.2) is 62.5 Å². The zero-order chi connectivity index (χ0) is 19.7. The lowest BCUT2D eigenvalue weighted by Crippen LogP contribution is -2.48. The normalized spacial score (nSPS) is 19.9. The Morgan fingerprint density at radius 1 is 1.30 bits per heavy atom. The van der Waals surface area contributed by atoms with E-state index in [0.29, 0.717) is 30.0 Å². The van der Waals surface area contributed by atoms with Gasteiger partial charge >= 0.3 is 0 Å². The van der Waals surface area contributed by atoms with Gasteiger partial charge in [0.1, 0.15) is 5.56 Å². The maximum Gasteiger partial charge on any atom is 0.261 e. The van der Waals surface area contributed by atoms with Crippen molar-refractivity contribution in [2.45, 2.75) is 26.1 Å². The summed E-state index contributed by atoms with van der Waals surface area (Å²) in [6.07, 6.45) is -0.121. The quantitative estimate of drug-likeness (QED) is 0.816. The molecule has 2 heterocycles. The van der Waals surface area contributed by atoms with E-state index in [1.165, 1.54) is 19.2 Å². The molecule has 0 unspecified atom stereocenters. The van der Waals surface area contributed by atoms with E-state index < -0.39 is 5.82 Å². The highest BCUT2D eigenvalue weighted by Crippen LogP contribution is 2.34. The highest BCUT2D eigenvalue weighted by atomic mass is 19.1. The van der Waals surface area contributed by atoms with E-state index in [9.17, 15) is 9.18 Å². The Kier molecular flexibility index (Phi) is 5.36. The molecular weight excluding hydrogens is 353 g/mol. The van der Waals surface area contributed by atoms with Crippen molar-refractivity contribution in [1.29, 1.82) is 0 Å². The highest BCUT2D eigenvalue weighted by Gasteiger charge is 2.33. The second-order valence-corrected chi connectivity index (χ2v) is 6.92. The summed E-state index contributed by atoms with van der Waals surface area (Å²) in [5.41, 5.74) is 0.863. The molecule has 0 saturated carbocycles. The summed E-state index contributed by atoms with van der Waals surface area (Å²) >= 11 is 0. The molecule has 2 aromatic rings. The van der Waals surface area contributed by atoms with Crippen LogP contribution in [0.4, 0.5) is 10.2 Å². The average molecular weight is 377 g/mol. The Morgan fingerprint density at radius 2 is 1.96 bits per heavy atom. The van der Waals surface area contributed by atoms with Crippen molar-refractivity contribution in [1.82, 2.24) is 10.1 Å². The molecule has 1 aromatic carbocycles. The van der Waals surface area contributed by atoms with Crippen molar-refractivity contribution in [2.24, 2.45) is 0 Å². The standard InChI is InChI=1S/C19H24FN3O4/c1-11-9-23(10-12(2)26-11)19(24)16-17(27-21-18(16)22(3)4)13-6-7-14(20)15(8-13)25-5/h6-8,11-12H,9-10H2,1-5H3/t11-,12+. The molecule has 1 fully saturated rings. The number of benzene rings is 1. The maximum absolute atomic E-state index is 13.8. The lowest BCUT2D eigenvalue weighted by molar-refractivity contribution is -0.0585. The Bertz CT molecular complexity index is 826. The van der Waals surface area contributed by atoms with E-state index in [1.54, 1.807) is 30.0 Å². The van der Waals surface area contributed by atoms with E-state index in [-0.39, 0.29) is 29.6 Å². The number of hydrogen-bond donors (Lipinski definition) is 0. The van der Waals surface area contributed by atoms with Gasteiger partial charge in [-0.05, 0) is 32.0 Å². The summed E-state index contributed by atoms with van der Waals surface area (Å²) in [5, 5.41) is 4.06. The van der Waals surface area contributed by atoms with E-state index in [4.69, 9.17) is 14.0 Å². The molecule has 1 aliphatic rings. The lowest BCUT2D eigenvalue weighted by atomic mass is 10.1. The van der Waals surface area contributed by atoms with Crippen LogP contribution in [0.5, 0.6) is 5.75 Å². The fraction of sp³-hybridized carbons (Fsp3) is 0.474. The summed E-state index contributed by atoms with van der Waals surface area (Å²) in [5.74, 6) is 0.0961. The number of carbonyl (C=O) groups is 1. The number of carbonyl (C=O) groups excluding carboxylic acids is 1. The predicted octanol–water partition coefficient (Wildman–Crippen LogP) is 2.80. The molecule has 27 heavy (non-hydrogen) atoms. The lowest BCUT2D eigenvalue weighted by Gasteiger charge is -2.35. The highest BCUT2D eigenvalue weighted by molar-refractivity contribution is 6.04. The molecule has 0 bridgehead atoms. The molecule has 0 spiro atoms. The first-order valence-electron chi connectivity index (χ1n) is 8.77. The van der Waals surface area contributed by atoms with Crippen molar-refractivity contribution in [3.8, 4) is 17.1 Å². The van der Waals surface area contributed by atoms with Gasteiger partial charge in [-0.2, -0.15) is 0 Å². The molecule has 2 atom stereocenters. The van der Waals surface area contributed by atoms with Gasteiger partial charge in [-0.25, -0.2) is 4.39 Å². The number of amides is 1. The number of halogens is 1. The number of hydrogen-bond acceptors (Lipinski definition) is 6. The Balaban J connectivity index is 2.06. The minimum atomic E-state index is -0.489. The van der Waals surface area contributed by atoms with Crippen molar-refractivity contribution in [3.05, 3.63) is 29.6 Å². The molecule has 3 rings (SSSR count). The van der Waals surface area contributed by atoms with E-state index in [2.05, 4.69) is 5.16 Å². The SMILES string of the molecule is COc1cc(-c2onc(N(C)C)c2C(=O)N2C[C@@H](C)O[C@@H](C)C2)ccc1F. The second-order valence-electron chi connectivity index (χ2n) is 6.92. The van der Waals surface area contributed by atoms with E-state index in [1.807, 2.05) is 13.8 Å². The van der Waals surface area contributed by atoms with Gasteiger partial charge in [0.25, 0.3) is 5.91 Å². The fourth-order valence-corrected chi connectivity index (χ4v) is 3.28. The zero-order valence-corrected chi connectivity index (χ0v) is 16.2. The van der Waals surface area contributed by atoms with Crippen LogP contribution in [0.25, 0.3) is 11.3 Å². The van der Waals surface area contributed by atoms with Crippen molar-refractivity contribution in [3.63, 3.8) is 0 Å². The van der Waals surface area contributed by atoms with Crippen LogP contribution >= 0.6 is 0 Å². The third-order valence-electron chi connectivity index (χ3n) is 4.43. The Hall–Kier alpha value is -2.61. The molecule has 1 aromatic heterocycles. The molecule has 1 saturated heterocycles. The number of methoxy groups -OCH3 is 1. The van der Waals surface area contributed by atoms with Gasteiger partial charge in [0, 0.05) is 32.7 Å². The molecule has 1 amide bonds. The largest absolute Gasteiger partial charge is 0.494 e. The predicted molar refractivity (Wildman–Crippen MR) is 98.7 cm³/mol. The number of anilines is 1. The van der Waals surface area contributed by atoms with Gasteiger partial charge in [0.2, 0.25) is 0 Å². The van der Waals surface area contributed by atoms with Crippen LogP contribution in [-0.2, 0) is 4.74 Å². The first kappa shape index (κ1) is 19.2.